The van der Waals surface area contributed by atoms with Gasteiger partial charge >= 0.3 is 5.97 Å². The zero-order valence-corrected chi connectivity index (χ0v) is 14.1. The van der Waals surface area contributed by atoms with E-state index in [0.717, 1.165) is 0 Å². The molecule has 0 spiro atoms. The van der Waals surface area contributed by atoms with Crippen LogP contribution in [0, 0.1) is 0 Å². The number of nitrogens with zero attached hydrogens (tertiary/aromatic N) is 1. The summed E-state index contributed by atoms with van der Waals surface area (Å²) in [5, 5.41) is 9.05. The highest BCUT2D eigenvalue weighted by molar-refractivity contribution is 6.21. The number of methoxy groups -OCH3 is 1. The maximum Gasteiger partial charge on any atom is 0.335 e. The second kappa shape index (κ2) is 7.26. The lowest BCUT2D eigenvalue weighted by Gasteiger charge is -2.15. The van der Waals surface area contributed by atoms with Crippen LogP contribution in [0.5, 0.6) is 11.5 Å². The van der Waals surface area contributed by atoms with Gasteiger partial charge in [-0.2, -0.15) is 0 Å². The van der Waals surface area contributed by atoms with Crippen molar-refractivity contribution in [3.05, 3.63) is 59.2 Å². The van der Waals surface area contributed by atoms with Crippen LogP contribution in [0.25, 0.3) is 0 Å². The van der Waals surface area contributed by atoms with E-state index in [1.54, 1.807) is 24.3 Å². The lowest BCUT2D eigenvalue weighted by Crippen LogP contribution is -2.31. The summed E-state index contributed by atoms with van der Waals surface area (Å²) in [6, 6.07) is 11.0. The average molecular weight is 355 g/mol. The maximum absolute atomic E-state index is 12.3. The van der Waals surface area contributed by atoms with Crippen molar-refractivity contribution in [2.24, 2.45) is 0 Å². The minimum atomic E-state index is -1.07. The number of rotatable bonds is 7. The van der Waals surface area contributed by atoms with Crippen molar-refractivity contribution in [1.29, 1.82) is 0 Å². The summed E-state index contributed by atoms with van der Waals surface area (Å²) < 4.78 is 10.7. The molecule has 1 aliphatic rings. The summed E-state index contributed by atoms with van der Waals surface area (Å²) in [7, 11) is 1.46. The number of carbonyl (C=O) groups is 3. The first kappa shape index (κ1) is 17.5. The SMILES string of the molecule is COc1ccc(C(=O)O)cc1OCCCN1C(=O)c2ccccc2C1=O. The first-order valence-electron chi connectivity index (χ1n) is 8.02. The number of fused-ring (bicyclic) bond motifs is 1. The van der Waals surface area contributed by atoms with Gasteiger partial charge in [-0.1, -0.05) is 12.1 Å². The van der Waals surface area contributed by atoms with Gasteiger partial charge in [-0.25, -0.2) is 4.79 Å². The van der Waals surface area contributed by atoms with Crippen LogP contribution in [0.1, 0.15) is 37.5 Å². The molecule has 0 fully saturated rings. The third kappa shape index (κ3) is 3.23. The third-order valence-electron chi connectivity index (χ3n) is 4.07. The minimum Gasteiger partial charge on any atom is -0.493 e. The Morgan fingerprint density at radius 3 is 2.27 bits per heavy atom. The number of ether oxygens (including phenoxy) is 2. The number of benzene rings is 2. The van der Waals surface area contributed by atoms with E-state index in [1.807, 2.05) is 0 Å². The summed E-state index contributed by atoms with van der Waals surface area (Å²) >= 11 is 0. The second-order valence-electron chi connectivity index (χ2n) is 5.68. The predicted octanol–water partition coefficient (Wildman–Crippen LogP) is 2.46. The molecular formula is C19H17NO6. The van der Waals surface area contributed by atoms with Gasteiger partial charge in [0.05, 0.1) is 30.4 Å². The van der Waals surface area contributed by atoms with Crippen molar-refractivity contribution in [3.63, 3.8) is 0 Å². The molecule has 0 atom stereocenters. The number of carboxylic acids is 1. The van der Waals surface area contributed by atoms with Crippen molar-refractivity contribution in [2.75, 3.05) is 20.3 Å². The van der Waals surface area contributed by atoms with Gasteiger partial charge in [0.15, 0.2) is 11.5 Å². The van der Waals surface area contributed by atoms with E-state index in [4.69, 9.17) is 14.6 Å². The Kier molecular flexibility index (Phi) is 4.88. The Labute approximate surface area is 149 Å². The Hall–Kier alpha value is -3.35. The fourth-order valence-electron chi connectivity index (χ4n) is 2.77. The van der Waals surface area contributed by atoms with Crippen LogP contribution in [0.4, 0.5) is 0 Å². The molecule has 0 unspecified atom stereocenters. The summed E-state index contributed by atoms with van der Waals surface area (Å²) in [5.41, 5.74) is 0.907. The van der Waals surface area contributed by atoms with Crippen LogP contribution in [-0.4, -0.2) is 48.1 Å². The molecule has 3 rings (SSSR count). The first-order valence-corrected chi connectivity index (χ1v) is 8.02. The number of carbonyl (C=O) groups excluding carboxylic acids is 2. The fourth-order valence-corrected chi connectivity index (χ4v) is 2.77. The standard InChI is InChI=1S/C19H17NO6/c1-25-15-8-7-12(19(23)24)11-16(15)26-10-4-9-20-17(21)13-5-2-3-6-14(13)18(20)22/h2-3,5-8,11H,4,9-10H2,1H3,(H,23,24). The van der Waals surface area contributed by atoms with Crippen molar-refractivity contribution in [3.8, 4) is 11.5 Å². The second-order valence-corrected chi connectivity index (χ2v) is 5.68. The van der Waals surface area contributed by atoms with Gasteiger partial charge in [0, 0.05) is 6.54 Å². The molecular weight excluding hydrogens is 338 g/mol. The fraction of sp³-hybridized carbons (Fsp3) is 0.211. The quantitative estimate of drug-likeness (QED) is 0.606. The lowest BCUT2D eigenvalue weighted by atomic mass is 10.1. The van der Waals surface area contributed by atoms with Gasteiger partial charge < -0.3 is 14.6 Å². The molecule has 0 radical (unpaired) electrons. The van der Waals surface area contributed by atoms with Crippen LogP contribution in [0.15, 0.2) is 42.5 Å². The molecule has 0 saturated heterocycles. The highest BCUT2D eigenvalue weighted by Crippen LogP contribution is 2.28. The zero-order valence-electron chi connectivity index (χ0n) is 14.1. The molecule has 2 aromatic rings. The van der Waals surface area contributed by atoms with Crippen LogP contribution in [0.2, 0.25) is 0 Å². The van der Waals surface area contributed by atoms with E-state index in [2.05, 4.69) is 0 Å². The summed E-state index contributed by atoms with van der Waals surface area (Å²) in [5.74, 6) is -0.971. The van der Waals surface area contributed by atoms with Gasteiger partial charge in [-0.3, -0.25) is 14.5 Å². The van der Waals surface area contributed by atoms with E-state index >= 15 is 0 Å². The number of hydrogen-bond donors (Lipinski definition) is 1. The van der Waals surface area contributed by atoms with Gasteiger partial charge in [-0.05, 0) is 36.8 Å². The monoisotopic (exact) mass is 355 g/mol. The van der Waals surface area contributed by atoms with E-state index in [0.29, 0.717) is 29.0 Å². The topological polar surface area (TPSA) is 93.1 Å². The van der Waals surface area contributed by atoms with Gasteiger partial charge in [0.2, 0.25) is 0 Å². The van der Waals surface area contributed by atoms with Crippen molar-refractivity contribution in [2.45, 2.75) is 6.42 Å². The maximum atomic E-state index is 12.3. The Morgan fingerprint density at radius 1 is 1.04 bits per heavy atom. The molecule has 0 aromatic heterocycles. The lowest BCUT2D eigenvalue weighted by molar-refractivity contribution is 0.0642. The number of amides is 2. The Balaban J connectivity index is 1.60. The third-order valence-corrected chi connectivity index (χ3v) is 4.07. The predicted molar refractivity (Wildman–Crippen MR) is 91.9 cm³/mol. The average Bonchev–Trinajstić information content (AvgIpc) is 2.89. The number of aromatic carboxylic acids is 1. The molecule has 7 heteroatoms. The molecule has 1 N–H and O–H groups in total. The number of carboxylic acid groups (broad SMARTS) is 1. The zero-order chi connectivity index (χ0) is 18.7. The molecule has 0 aliphatic carbocycles. The van der Waals surface area contributed by atoms with E-state index in [1.165, 1.54) is 30.2 Å². The van der Waals surface area contributed by atoms with Gasteiger partial charge in [0.25, 0.3) is 11.8 Å². The van der Waals surface area contributed by atoms with Crippen LogP contribution in [0.3, 0.4) is 0 Å². The van der Waals surface area contributed by atoms with Crippen LogP contribution >= 0.6 is 0 Å². The molecule has 7 nitrogen and oxygen atoms in total. The molecule has 134 valence electrons. The molecule has 1 heterocycles. The molecule has 2 amide bonds. The minimum absolute atomic E-state index is 0.0844. The van der Waals surface area contributed by atoms with Gasteiger partial charge in [-0.15, -0.1) is 0 Å². The normalized spacial score (nSPS) is 12.9. The number of imide groups is 1. The van der Waals surface area contributed by atoms with Crippen molar-refractivity contribution < 1.29 is 29.0 Å². The summed E-state index contributed by atoms with van der Waals surface area (Å²) in [4.78, 5) is 36.8. The first-order chi connectivity index (χ1) is 12.5. The summed E-state index contributed by atoms with van der Waals surface area (Å²) in [6.45, 7) is 0.417. The number of hydrogen-bond acceptors (Lipinski definition) is 5. The molecule has 2 aromatic carbocycles. The highest BCUT2D eigenvalue weighted by Gasteiger charge is 2.34. The van der Waals surface area contributed by atoms with Crippen LogP contribution in [-0.2, 0) is 0 Å². The molecule has 26 heavy (non-hydrogen) atoms. The van der Waals surface area contributed by atoms with Crippen molar-refractivity contribution in [1.82, 2.24) is 4.90 Å². The Morgan fingerprint density at radius 2 is 1.69 bits per heavy atom. The smallest absolute Gasteiger partial charge is 0.335 e. The van der Waals surface area contributed by atoms with E-state index in [9.17, 15) is 14.4 Å². The molecule has 1 aliphatic heterocycles. The van der Waals surface area contributed by atoms with Crippen molar-refractivity contribution >= 4 is 17.8 Å². The highest BCUT2D eigenvalue weighted by atomic mass is 16.5. The van der Waals surface area contributed by atoms with Crippen LogP contribution < -0.4 is 9.47 Å². The van der Waals surface area contributed by atoms with E-state index < -0.39 is 5.97 Å². The summed E-state index contributed by atoms with van der Waals surface area (Å²) in [6.07, 6.45) is 0.409. The molecule has 0 bridgehead atoms. The molecule has 0 saturated carbocycles. The largest absolute Gasteiger partial charge is 0.493 e. The Bertz CT molecular complexity index is 841. The van der Waals surface area contributed by atoms with E-state index in [-0.39, 0.29) is 30.5 Å². The van der Waals surface area contributed by atoms with Gasteiger partial charge in [0.1, 0.15) is 0 Å².